The number of morpholine rings is 1. The lowest BCUT2D eigenvalue weighted by Gasteiger charge is -2.34. The van der Waals surface area contributed by atoms with Crippen LogP contribution in [0.4, 0.5) is 4.79 Å². The number of halogens is 2. The SMILES string of the molecule is NCc1cccc(CNC(=O)C2N(C(=O)N3CCOCC3)CCN2S(=O)(=O)c2ccc(Cl)c(Cl)c2)c1. The highest BCUT2D eigenvalue weighted by Crippen LogP contribution is 2.30. The Morgan fingerprint density at radius 2 is 1.72 bits per heavy atom. The number of nitrogens with zero attached hydrogens (tertiary/aromatic N) is 3. The molecule has 10 nitrogen and oxygen atoms in total. The van der Waals surface area contributed by atoms with E-state index in [4.69, 9.17) is 33.7 Å². The third-order valence-corrected chi connectivity index (χ3v) is 8.67. The Morgan fingerprint density at radius 3 is 2.42 bits per heavy atom. The minimum absolute atomic E-state index is 0.0531. The van der Waals surface area contributed by atoms with E-state index in [0.29, 0.717) is 32.8 Å². The third kappa shape index (κ3) is 5.61. The Labute approximate surface area is 219 Å². The summed E-state index contributed by atoms with van der Waals surface area (Å²) in [6.45, 7) is 1.95. The number of sulfonamides is 1. The van der Waals surface area contributed by atoms with E-state index in [9.17, 15) is 18.0 Å². The largest absolute Gasteiger partial charge is 0.378 e. The molecule has 0 radical (unpaired) electrons. The van der Waals surface area contributed by atoms with E-state index in [0.717, 1.165) is 15.4 Å². The molecule has 0 aliphatic carbocycles. The third-order valence-electron chi connectivity index (χ3n) is 6.08. The van der Waals surface area contributed by atoms with Crippen molar-refractivity contribution in [1.82, 2.24) is 19.4 Å². The molecule has 194 valence electrons. The molecular weight excluding hydrogens is 529 g/mol. The van der Waals surface area contributed by atoms with Gasteiger partial charge in [-0.1, -0.05) is 47.5 Å². The second-order valence-electron chi connectivity index (χ2n) is 8.38. The highest BCUT2D eigenvalue weighted by atomic mass is 35.5. The van der Waals surface area contributed by atoms with Gasteiger partial charge in [-0.2, -0.15) is 4.31 Å². The smallest absolute Gasteiger partial charge is 0.321 e. The van der Waals surface area contributed by atoms with E-state index in [1.54, 1.807) is 4.90 Å². The molecular formula is C23H27Cl2N5O5S. The summed E-state index contributed by atoms with van der Waals surface area (Å²) in [5.41, 5.74) is 7.40. The molecule has 2 heterocycles. The first-order valence-electron chi connectivity index (χ1n) is 11.4. The number of hydrogen-bond acceptors (Lipinski definition) is 6. The van der Waals surface area contributed by atoms with Crippen molar-refractivity contribution in [2.24, 2.45) is 5.73 Å². The maximum atomic E-state index is 13.6. The van der Waals surface area contributed by atoms with Crippen molar-refractivity contribution in [2.45, 2.75) is 24.2 Å². The second kappa shape index (κ2) is 11.3. The quantitative estimate of drug-likeness (QED) is 0.560. The molecule has 0 aromatic heterocycles. The second-order valence-corrected chi connectivity index (χ2v) is 11.1. The number of nitrogens with two attached hydrogens (primary N) is 1. The summed E-state index contributed by atoms with van der Waals surface area (Å²) < 4.78 is 33.5. The fourth-order valence-corrected chi connectivity index (χ4v) is 6.12. The maximum Gasteiger partial charge on any atom is 0.321 e. The van der Waals surface area contributed by atoms with Gasteiger partial charge in [0, 0.05) is 39.3 Å². The lowest BCUT2D eigenvalue weighted by molar-refractivity contribution is -0.127. The number of hydrogen-bond donors (Lipinski definition) is 2. The van der Waals surface area contributed by atoms with Crippen molar-refractivity contribution in [2.75, 3.05) is 39.4 Å². The molecule has 1 atom stereocenters. The Morgan fingerprint density at radius 1 is 1.00 bits per heavy atom. The van der Waals surface area contributed by atoms with E-state index in [2.05, 4.69) is 5.32 Å². The van der Waals surface area contributed by atoms with Crippen molar-refractivity contribution in [3.8, 4) is 0 Å². The van der Waals surface area contributed by atoms with E-state index in [-0.39, 0.29) is 34.6 Å². The van der Waals surface area contributed by atoms with Crippen LogP contribution in [0.5, 0.6) is 0 Å². The average molecular weight is 556 g/mol. The fourth-order valence-electron chi connectivity index (χ4n) is 4.19. The van der Waals surface area contributed by atoms with Gasteiger partial charge >= 0.3 is 6.03 Å². The van der Waals surface area contributed by atoms with Gasteiger partial charge in [0.1, 0.15) is 0 Å². The van der Waals surface area contributed by atoms with Crippen molar-refractivity contribution in [3.05, 3.63) is 63.6 Å². The molecule has 0 spiro atoms. The highest BCUT2D eigenvalue weighted by Gasteiger charge is 2.47. The average Bonchev–Trinajstić information content (AvgIpc) is 3.35. The summed E-state index contributed by atoms with van der Waals surface area (Å²) >= 11 is 12.0. The van der Waals surface area contributed by atoms with Crippen molar-refractivity contribution in [3.63, 3.8) is 0 Å². The van der Waals surface area contributed by atoms with Gasteiger partial charge in [-0.3, -0.25) is 9.69 Å². The van der Waals surface area contributed by atoms with Gasteiger partial charge in [-0.05, 0) is 29.3 Å². The maximum absolute atomic E-state index is 13.6. The highest BCUT2D eigenvalue weighted by molar-refractivity contribution is 7.89. The van der Waals surface area contributed by atoms with Crippen LogP contribution in [-0.4, -0.2) is 80.0 Å². The summed E-state index contributed by atoms with van der Waals surface area (Å²) in [6.07, 6.45) is -1.38. The van der Waals surface area contributed by atoms with E-state index < -0.39 is 28.1 Å². The van der Waals surface area contributed by atoms with E-state index in [1.165, 1.54) is 23.1 Å². The number of rotatable bonds is 6. The van der Waals surface area contributed by atoms with Crippen LogP contribution in [0.25, 0.3) is 0 Å². The molecule has 2 aliphatic rings. The minimum Gasteiger partial charge on any atom is -0.378 e. The van der Waals surface area contributed by atoms with Gasteiger partial charge < -0.3 is 20.7 Å². The summed E-state index contributed by atoms with van der Waals surface area (Å²) in [5.74, 6) is -0.615. The molecule has 1 unspecified atom stereocenters. The molecule has 3 amide bonds. The normalized spacial score (nSPS) is 18.9. The van der Waals surface area contributed by atoms with Gasteiger partial charge in [0.05, 0.1) is 28.2 Å². The molecule has 4 rings (SSSR count). The summed E-state index contributed by atoms with van der Waals surface area (Å²) in [5, 5.41) is 3.06. The number of nitrogens with one attached hydrogen (secondary N) is 1. The Bertz CT molecular complexity index is 1240. The van der Waals surface area contributed by atoms with Crippen LogP contribution in [0.1, 0.15) is 11.1 Å². The predicted octanol–water partition coefficient (Wildman–Crippen LogP) is 1.85. The number of ether oxygens (including phenoxy) is 1. The molecule has 36 heavy (non-hydrogen) atoms. The molecule has 2 aromatic rings. The number of urea groups is 1. The minimum atomic E-state index is -4.19. The zero-order chi connectivity index (χ0) is 25.9. The topological polar surface area (TPSA) is 125 Å². The standard InChI is InChI=1S/C23H27Cl2N5O5S/c24-19-5-4-18(13-20(19)25)36(33,34)30-7-6-29(23(32)28-8-10-35-11-9-28)22(30)21(31)27-15-17-3-1-2-16(12-17)14-26/h1-5,12-13,22H,6-11,14-15,26H2,(H,27,31). The van der Waals surface area contributed by atoms with Gasteiger partial charge in [0.15, 0.2) is 6.17 Å². The Hall–Kier alpha value is -2.41. The summed E-state index contributed by atoms with van der Waals surface area (Å²) in [6, 6.07) is 10.9. The molecule has 2 fully saturated rings. The van der Waals surface area contributed by atoms with Crippen LogP contribution >= 0.6 is 23.2 Å². The van der Waals surface area contributed by atoms with E-state index >= 15 is 0 Å². The summed E-state index contributed by atoms with van der Waals surface area (Å²) in [7, 11) is -4.19. The van der Waals surface area contributed by atoms with Crippen molar-refractivity contribution >= 4 is 45.2 Å². The zero-order valence-corrected chi connectivity index (χ0v) is 21.7. The first kappa shape index (κ1) is 26.6. The Kier molecular flexibility index (Phi) is 8.38. The van der Waals surface area contributed by atoms with Crippen molar-refractivity contribution in [1.29, 1.82) is 0 Å². The fraction of sp³-hybridized carbons (Fsp3) is 0.391. The molecule has 0 saturated carbocycles. The van der Waals surface area contributed by atoms with E-state index in [1.807, 2.05) is 24.3 Å². The van der Waals surface area contributed by atoms with Crippen LogP contribution in [0.2, 0.25) is 10.0 Å². The molecule has 2 aliphatic heterocycles. The first-order chi connectivity index (χ1) is 17.2. The zero-order valence-electron chi connectivity index (χ0n) is 19.4. The van der Waals surface area contributed by atoms with Crippen LogP contribution in [0, 0.1) is 0 Å². The predicted molar refractivity (Wildman–Crippen MR) is 135 cm³/mol. The van der Waals surface area contributed by atoms with Crippen LogP contribution in [0.15, 0.2) is 47.4 Å². The number of amides is 3. The number of carbonyl (C=O) groups is 2. The van der Waals surface area contributed by atoms with Crippen LogP contribution in [-0.2, 0) is 32.6 Å². The van der Waals surface area contributed by atoms with Crippen molar-refractivity contribution < 1.29 is 22.7 Å². The molecule has 2 aromatic carbocycles. The lowest BCUT2D eigenvalue weighted by Crippen LogP contribution is -2.57. The van der Waals surface area contributed by atoms with Gasteiger partial charge in [0.2, 0.25) is 10.0 Å². The first-order valence-corrected chi connectivity index (χ1v) is 13.6. The molecule has 0 bridgehead atoms. The van der Waals surface area contributed by atoms with Crippen LogP contribution in [0.3, 0.4) is 0 Å². The lowest BCUT2D eigenvalue weighted by atomic mass is 10.1. The summed E-state index contributed by atoms with van der Waals surface area (Å²) in [4.78, 5) is 29.5. The molecule has 3 N–H and O–H groups in total. The van der Waals surface area contributed by atoms with Crippen LogP contribution < -0.4 is 11.1 Å². The number of carbonyl (C=O) groups excluding carboxylic acids is 2. The van der Waals surface area contributed by atoms with Gasteiger partial charge in [-0.25, -0.2) is 13.2 Å². The molecule has 13 heteroatoms. The van der Waals surface area contributed by atoms with Gasteiger partial charge in [-0.15, -0.1) is 0 Å². The number of benzene rings is 2. The molecule has 2 saturated heterocycles. The van der Waals surface area contributed by atoms with Gasteiger partial charge in [0.25, 0.3) is 5.91 Å². The Balaban J connectivity index is 1.62. The monoisotopic (exact) mass is 555 g/mol.